The van der Waals surface area contributed by atoms with Crippen molar-refractivity contribution in [2.75, 3.05) is 0 Å². The smallest absolute Gasteiger partial charge is 0.244 e. The molecule has 0 saturated heterocycles. The number of nitrogens with two attached hydrogens (primary N) is 1. The van der Waals surface area contributed by atoms with Crippen LogP contribution in [-0.4, -0.2) is 10.2 Å². The molecule has 24 heavy (non-hydrogen) atoms. The van der Waals surface area contributed by atoms with Crippen LogP contribution in [0, 0.1) is 17.1 Å². The Kier molecular flexibility index (Phi) is 3.88. The molecule has 0 saturated carbocycles. The first-order chi connectivity index (χ1) is 11.2. The van der Waals surface area contributed by atoms with Gasteiger partial charge in [-0.2, -0.15) is 5.26 Å². The van der Waals surface area contributed by atoms with Gasteiger partial charge in [0, 0.05) is 21.1 Å². The zero-order valence-electron chi connectivity index (χ0n) is 13.4. The van der Waals surface area contributed by atoms with Crippen LogP contribution in [0.25, 0.3) is 0 Å². The maximum absolute atomic E-state index is 14.6. The Morgan fingerprint density at radius 2 is 2.12 bits per heavy atom. The fraction of sp³-hybridized carbons (Fsp3) is 0.294. The van der Waals surface area contributed by atoms with Crippen LogP contribution in [0.15, 0.2) is 34.1 Å². The minimum Gasteiger partial charge on any atom is -0.420 e. The Morgan fingerprint density at radius 1 is 1.42 bits per heavy atom. The molecule has 0 spiro atoms. The number of allylic oxidation sites excluding steroid dienone is 1. The van der Waals surface area contributed by atoms with Crippen molar-refractivity contribution in [3.63, 3.8) is 0 Å². The monoisotopic (exact) mass is 390 g/mol. The molecule has 0 radical (unpaired) electrons. The normalized spacial score (nSPS) is 17.2. The van der Waals surface area contributed by atoms with Crippen molar-refractivity contribution in [1.82, 2.24) is 10.2 Å². The third-order valence-corrected chi connectivity index (χ3v) is 4.45. The Bertz CT molecular complexity index is 889. The first-order valence-corrected chi connectivity index (χ1v) is 8.14. The summed E-state index contributed by atoms with van der Waals surface area (Å²) in [5, 5.41) is 16.7. The van der Waals surface area contributed by atoms with E-state index in [1.807, 2.05) is 20.8 Å². The van der Waals surface area contributed by atoms with E-state index in [0.29, 0.717) is 15.6 Å². The molecule has 1 aromatic heterocycles. The van der Waals surface area contributed by atoms with Crippen LogP contribution in [0.1, 0.15) is 43.5 Å². The SMILES string of the molecule is CC(C)(C)c1[nH]nc2c1[C@H](c1cc(Br)ccc1F)C(C#N)=C(N)O2. The summed E-state index contributed by atoms with van der Waals surface area (Å²) >= 11 is 3.36. The number of nitrogens with zero attached hydrogens (tertiary/aromatic N) is 2. The molecule has 7 heteroatoms. The molecular weight excluding hydrogens is 375 g/mol. The summed E-state index contributed by atoms with van der Waals surface area (Å²) in [5.41, 5.74) is 7.53. The molecule has 0 bridgehead atoms. The summed E-state index contributed by atoms with van der Waals surface area (Å²) < 4.78 is 20.8. The third-order valence-electron chi connectivity index (χ3n) is 3.96. The van der Waals surface area contributed by atoms with Crippen LogP contribution in [0.4, 0.5) is 4.39 Å². The van der Waals surface area contributed by atoms with Gasteiger partial charge < -0.3 is 10.5 Å². The average Bonchev–Trinajstić information content (AvgIpc) is 2.91. The highest BCUT2D eigenvalue weighted by Gasteiger charge is 2.39. The van der Waals surface area contributed by atoms with Gasteiger partial charge in [-0.3, -0.25) is 5.10 Å². The van der Waals surface area contributed by atoms with E-state index in [0.717, 1.165) is 5.69 Å². The van der Waals surface area contributed by atoms with Gasteiger partial charge >= 0.3 is 0 Å². The number of rotatable bonds is 1. The lowest BCUT2D eigenvalue weighted by Gasteiger charge is -2.27. The van der Waals surface area contributed by atoms with Gasteiger partial charge in [-0.1, -0.05) is 36.7 Å². The lowest BCUT2D eigenvalue weighted by molar-refractivity contribution is 0.377. The van der Waals surface area contributed by atoms with Gasteiger partial charge in [0.2, 0.25) is 11.8 Å². The minimum atomic E-state index is -0.677. The molecule has 2 heterocycles. The van der Waals surface area contributed by atoms with Gasteiger partial charge in [-0.25, -0.2) is 4.39 Å². The first kappa shape index (κ1) is 16.5. The third kappa shape index (κ3) is 2.57. The molecule has 124 valence electrons. The number of H-pyrrole nitrogens is 1. The highest BCUT2D eigenvalue weighted by Crippen LogP contribution is 2.46. The van der Waals surface area contributed by atoms with Crippen LogP contribution < -0.4 is 10.5 Å². The fourth-order valence-electron chi connectivity index (χ4n) is 2.86. The molecule has 1 aromatic carbocycles. The van der Waals surface area contributed by atoms with Crippen LogP contribution in [0.2, 0.25) is 0 Å². The van der Waals surface area contributed by atoms with Crippen molar-refractivity contribution in [2.45, 2.75) is 32.1 Å². The van der Waals surface area contributed by atoms with E-state index in [4.69, 9.17) is 10.5 Å². The second-order valence-corrected chi connectivity index (χ2v) is 7.57. The average molecular weight is 391 g/mol. The number of benzene rings is 1. The van der Waals surface area contributed by atoms with E-state index in [1.165, 1.54) is 6.07 Å². The topological polar surface area (TPSA) is 87.7 Å². The predicted octanol–water partition coefficient (Wildman–Crippen LogP) is 3.83. The molecule has 3 N–H and O–H groups in total. The van der Waals surface area contributed by atoms with Crippen molar-refractivity contribution in [2.24, 2.45) is 5.73 Å². The van der Waals surface area contributed by atoms with Gasteiger partial charge in [-0.05, 0) is 18.2 Å². The summed E-state index contributed by atoms with van der Waals surface area (Å²) in [6, 6.07) is 6.68. The van der Waals surface area contributed by atoms with Crippen LogP contribution in [0.3, 0.4) is 0 Å². The Morgan fingerprint density at radius 3 is 2.75 bits per heavy atom. The summed E-state index contributed by atoms with van der Waals surface area (Å²) in [6.07, 6.45) is 0. The molecule has 5 nitrogen and oxygen atoms in total. The number of hydrogen-bond acceptors (Lipinski definition) is 4. The number of ether oxygens (including phenoxy) is 1. The lowest BCUT2D eigenvalue weighted by atomic mass is 9.78. The number of aromatic amines is 1. The van der Waals surface area contributed by atoms with Crippen molar-refractivity contribution in [1.29, 1.82) is 5.26 Å². The maximum atomic E-state index is 14.6. The molecule has 0 aliphatic carbocycles. The number of aromatic nitrogens is 2. The molecule has 0 unspecified atom stereocenters. The second-order valence-electron chi connectivity index (χ2n) is 6.66. The van der Waals surface area contributed by atoms with E-state index in [9.17, 15) is 9.65 Å². The molecule has 1 aliphatic rings. The molecule has 2 aromatic rings. The molecule has 1 atom stereocenters. The summed E-state index contributed by atoms with van der Waals surface area (Å²) in [7, 11) is 0. The number of halogens is 2. The molecular formula is C17H16BrFN4O. The summed E-state index contributed by atoms with van der Waals surface area (Å²) in [4.78, 5) is 0. The Balaban J connectivity index is 2.33. The fourth-order valence-corrected chi connectivity index (χ4v) is 3.24. The molecule has 0 fully saturated rings. The predicted molar refractivity (Wildman–Crippen MR) is 90.7 cm³/mol. The van der Waals surface area contributed by atoms with Gasteiger partial charge in [0.25, 0.3) is 0 Å². The largest absolute Gasteiger partial charge is 0.420 e. The maximum Gasteiger partial charge on any atom is 0.244 e. The number of hydrogen-bond donors (Lipinski definition) is 2. The highest BCUT2D eigenvalue weighted by atomic mass is 79.9. The van der Waals surface area contributed by atoms with Gasteiger partial charge in [0.1, 0.15) is 17.5 Å². The van der Waals surface area contributed by atoms with E-state index < -0.39 is 11.7 Å². The minimum absolute atomic E-state index is 0.0543. The van der Waals surface area contributed by atoms with E-state index in [-0.39, 0.29) is 22.8 Å². The van der Waals surface area contributed by atoms with E-state index in [1.54, 1.807) is 12.1 Å². The van der Waals surface area contributed by atoms with Gasteiger partial charge in [-0.15, -0.1) is 5.10 Å². The van der Waals surface area contributed by atoms with E-state index in [2.05, 4.69) is 32.2 Å². The van der Waals surface area contributed by atoms with Gasteiger partial charge in [0.05, 0.1) is 11.5 Å². The molecule has 3 rings (SSSR count). The number of fused-ring (bicyclic) bond motifs is 1. The van der Waals surface area contributed by atoms with E-state index >= 15 is 0 Å². The summed E-state index contributed by atoms with van der Waals surface area (Å²) in [5.74, 6) is -0.871. The van der Waals surface area contributed by atoms with Crippen molar-refractivity contribution in [3.8, 4) is 11.9 Å². The van der Waals surface area contributed by atoms with Crippen molar-refractivity contribution >= 4 is 15.9 Å². The van der Waals surface area contributed by atoms with Crippen molar-refractivity contribution < 1.29 is 9.13 Å². The Labute approximate surface area is 147 Å². The quantitative estimate of drug-likeness (QED) is 0.774. The highest BCUT2D eigenvalue weighted by molar-refractivity contribution is 9.10. The summed E-state index contributed by atoms with van der Waals surface area (Å²) in [6.45, 7) is 6.01. The van der Waals surface area contributed by atoms with Crippen LogP contribution >= 0.6 is 15.9 Å². The molecule has 0 amide bonds. The van der Waals surface area contributed by atoms with Crippen LogP contribution in [-0.2, 0) is 5.41 Å². The second kappa shape index (κ2) is 5.64. The van der Waals surface area contributed by atoms with Crippen molar-refractivity contribution in [3.05, 3.63) is 56.8 Å². The zero-order valence-corrected chi connectivity index (χ0v) is 15.0. The zero-order chi connectivity index (χ0) is 17.6. The van der Waals surface area contributed by atoms with Gasteiger partial charge in [0.15, 0.2) is 0 Å². The lowest BCUT2D eigenvalue weighted by Crippen LogP contribution is -2.24. The number of nitriles is 1. The molecule has 1 aliphatic heterocycles. The first-order valence-electron chi connectivity index (χ1n) is 7.35. The Hall–Kier alpha value is -2.33. The number of nitrogens with one attached hydrogen (secondary N) is 1. The van der Waals surface area contributed by atoms with Crippen LogP contribution in [0.5, 0.6) is 5.88 Å². The standard InChI is InChI=1S/C17H16BrFN4O/c1-17(2,3)14-13-12(9-6-8(18)4-5-11(9)19)10(7-20)15(21)24-16(13)23-22-14/h4-6,12H,21H2,1-3H3,(H,22,23)/t12-/m1/s1.